The highest BCUT2D eigenvalue weighted by Gasteiger charge is 2.22. The lowest BCUT2D eigenvalue weighted by Crippen LogP contribution is -2.22. The van der Waals surface area contributed by atoms with Crippen LogP contribution in [0.25, 0.3) is 0 Å². The first kappa shape index (κ1) is 14.5. The second-order valence-electron chi connectivity index (χ2n) is 4.05. The van der Waals surface area contributed by atoms with Gasteiger partial charge in [-0.15, -0.1) is 11.8 Å². The summed E-state index contributed by atoms with van der Waals surface area (Å²) in [5.74, 6) is -0.601. The molecule has 0 bridgehead atoms. The normalized spacial score (nSPS) is 12.8. The first-order valence-corrected chi connectivity index (χ1v) is 7.04. The summed E-state index contributed by atoms with van der Waals surface area (Å²) in [6.45, 7) is 3.73. The number of aliphatic carboxylic acids is 1. The van der Waals surface area contributed by atoms with Crippen LogP contribution in [-0.2, 0) is 10.5 Å². The molecule has 0 amide bonds. The van der Waals surface area contributed by atoms with Crippen LogP contribution in [0.5, 0.6) is 0 Å². The summed E-state index contributed by atoms with van der Waals surface area (Å²) in [4.78, 5) is 11.0. The van der Waals surface area contributed by atoms with Crippen molar-refractivity contribution in [3.05, 3.63) is 34.1 Å². The van der Waals surface area contributed by atoms with Crippen molar-refractivity contribution in [2.75, 3.05) is 0 Å². The Labute approximate surface area is 113 Å². The maximum Gasteiger partial charge on any atom is 0.316 e. The Bertz CT molecular complexity index is 409. The summed E-state index contributed by atoms with van der Waals surface area (Å²) in [5, 5.41) is 8.57. The van der Waals surface area contributed by atoms with Crippen molar-refractivity contribution < 1.29 is 14.3 Å². The Hall–Kier alpha value is -0.550. The molecule has 0 aliphatic rings. The van der Waals surface area contributed by atoms with E-state index in [1.54, 1.807) is 6.07 Å². The lowest BCUT2D eigenvalue weighted by Gasteiger charge is -2.16. The van der Waals surface area contributed by atoms with Gasteiger partial charge in [-0.2, -0.15) is 0 Å². The van der Waals surface area contributed by atoms with E-state index in [1.807, 2.05) is 13.8 Å². The zero-order valence-electron chi connectivity index (χ0n) is 9.61. The van der Waals surface area contributed by atoms with Crippen LogP contribution >= 0.6 is 27.7 Å². The third kappa shape index (κ3) is 4.32. The van der Waals surface area contributed by atoms with Gasteiger partial charge in [-0.25, -0.2) is 4.39 Å². The molecule has 5 heteroatoms. The molecule has 1 rings (SSSR count). The van der Waals surface area contributed by atoms with Gasteiger partial charge < -0.3 is 5.11 Å². The number of thioether (sulfide) groups is 1. The van der Waals surface area contributed by atoms with Gasteiger partial charge in [0.15, 0.2) is 0 Å². The Morgan fingerprint density at radius 2 is 2.18 bits per heavy atom. The number of carboxylic acid groups (broad SMARTS) is 1. The molecule has 0 fully saturated rings. The Morgan fingerprint density at radius 1 is 1.53 bits per heavy atom. The molecular weight excluding hydrogens is 307 g/mol. The van der Waals surface area contributed by atoms with Gasteiger partial charge in [-0.3, -0.25) is 4.79 Å². The van der Waals surface area contributed by atoms with E-state index in [2.05, 4.69) is 15.9 Å². The summed E-state index contributed by atoms with van der Waals surface area (Å²) < 4.78 is 13.8. The lowest BCUT2D eigenvalue weighted by atomic mass is 10.1. The minimum atomic E-state index is -0.822. The van der Waals surface area contributed by atoms with Gasteiger partial charge in [0.2, 0.25) is 0 Å². The third-order valence-electron chi connectivity index (χ3n) is 2.28. The van der Waals surface area contributed by atoms with Gasteiger partial charge in [0, 0.05) is 10.2 Å². The summed E-state index contributed by atoms with van der Waals surface area (Å²) in [6.07, 6.45) is 0. The molecular formula is C12H14BrFO2S. The first-order valence-electron chi connectivity index (χ1n) is 5.20. The van der Waals surface area contributed by atoms with Crippen LogP contribution in [0.2, 0.25) is 0 Å². The van der Waals surface area contributed by atoms with E-state index in [0.717, 1.165) is 10.0 Å². The molecule has 94 valence electrons. The highest BCUT2D eigenvalue weighted by molar-refractivity contribution is 9.10. The molecule has 0 heterocycles. The van der Waals surface area contributed by atoms with E-state index in [-0.39, 0.29) is 11.7 Å². The third-order valence-corrected chi connectivity index (χ3v) is 4.63. The van der Waals surface area contributed by atoms with Crippen LogP contribution in [0.3, 0.4) is 0 Å². The average molecular weight is 321 g/mol. The zero-order chi connectivity index (χ0) is 13.0. The molecule has 1 aromatic rings. The molecule has 17 heavy (non-hydrogen) atoms. The van der Waals surface area contributed by atoms with Gasteiger partial charge in [0.05, 0.1) is 0 Å². The van der Waals surface area contributed by atoms with Crippen molar-refractivity contribution in [1.82, 2.24) is 0 Å². The van der Waals surface area contributed by atoms with Crippen LogP contribution in [0.15, 0.2) is 22.7 Å². The topological polar surface area (TPSA) is 37.3 Å². The quantitative estimate of drug-likeness (QED) is 0.893. The second-order valence-corrected chi connectivity index (χ2v) is 6.03. The van der Waals surface area contributed by atoms with Crippen molar-refractivity contribution >= 4 is 33.7 Å². The van der Waals surface area contributed by atoms with E-state index in [9.17, 15) is 9.18 Å². The largest absolute Gasteiger partial charge is 0.480 e. The van der Waals surface area contributed by atoms with E-state index >= 15 is 0 Å². The van der Waals surface area contributed by atoms with Gasteiger partial charge in [-0.05, 0) is 29.7 Å². The molecule has 1 aromatic carbocycles. The highest BCUT2D eigenvalue weighted by Crippen LogP contribution is 2.28. The van der Waals surface area contributed by atoms with E-state index in [1.165, 1.54) is 23.9 Å². The Kier molecular flexibility index (Phi) is 5.46. The standard InChI is InChI=1S/C12H14BrFO2S/c1-7(2)11(12(15)16)17-6-8-5-9(14)3-4-10(8)13/h3-5,7,11H,6H2,1-2H3,(H,15,16). The van der Waals surface area contributed by atoms with Crippen LogP contribution in [0.1, 0.15) is 19.4 Å². The first-order chi connectivity index (χ1) is 7.91. The van der Waals surface area contributed by atoms with E-state index in [0.29, 0.717) is 5.75 Å². The molecule has 1 N–H and O–H groups in total. The molecule has 2 nitrogen and oxygen atoms in total. The van der Waals surface area contributed by atoms with Gasteiger partial charge >= 0.3 is 5.97 Å². The van der Waals surface area contributed by atoms with Gasteiger partial charge in [0.1, 0.15) is 11.1 Å². The minimum absolute atomic E-state index is 0.0461. The second kappa shape index (κ2) is 6.40. The molecule has 0 saturated carbocycles. The highest BCUT2D eigenvalue weighted by atomic mass is 79.9. The van der Waals surface area contributed by atoms with E-state index < -0.39 is 11.2 Å². The fraction of sp³-hybridized carbons (Fsp3) is 0.417. The Morgan fingerprint density at radius 3 is 2.71 bits per heavy atom. The number of carbonyl (C=O) groups is 1. The van der Waals surface area contributed by atoms with Crippen LogP contribution < -0.4 is 0 Å². The van der Waals surface area contributed by atoms with Gasteiger partial charge in [0.25, 0.3) is 0 Å². The SMILES string of the molecule is CC(C)C(SCc1cc(F)ccc1Br)C(=O)O. The van der Waals surface area contributed by atoms with Crippen molar-refractivity contribution in [3.63, 3.8) is 0 Å². The molecule has 0 aliphatic heterocycles. The smallest absolute Gasteiger partial charge is 0.316 e. The zero-order valence-corrected chi connectivity index (χ0v) is 12.0. The monoisotopic (exact) mass is 320 g/mol. The summed E-state index contributed by atoms with van der Waals surface area (Å²) in [7, 11) is 0. The number of hydrogen-bond donors (Lipinski definition) is 1. The minimum Gasteiger partial charge on any atom is -0.480 e. The fourth-order valence-corrected chi connectivity index (χ4v) is 3.08. The molecule has 1 unspecified atom stereocenters. The number of halogens is 2. The van der Waals surface area contributed by atoms with Crippen LogP contribution in [0.4, 0.5) is 4.39 Å². The number of rotatable bonds is 5. The van der Waals surface area contributed by atoms with Gasteiger partial charge in [-0.1, -0.05) is 29.8 Å². The average Bonchev–Trinajstić information content (AvgIpc) is 2.22. The number of hydrogen-bond acceptors (Lipinski definition) is 2. The predicted molar refractivity (Wildman–Crippen MR) is 71.7 cm³/mol. The number of benzene rings is 1. The maximum absolute atomic E-state index is 13.0. The summed E-state index contributed by atoms with van der Waals surface area (Å²) >= 11 is 4.64. The van der Waals surface area contributed by atoms with Crippen LogP contribution in [-0.4, -0.2) is 16.3 Å². The Balaban J connectivity index is 2.72. The molecule has 0 spiro atoms. The van der Waals surface area contributed by atoms with E-state index in [4.69, 9.17) is 5.11 Å². The molecule has 0 radical (unpaired) electrons. The predicted octanol–water partition coefficient (Wildman–Crippen LogP) is 3.93. The van der Waals surface area contributed by atoms with Crippen molar-refractivity contribution in [2.24, 2.45) is 5.92 Å². The van der Waals surface area contributed by atoms with Crippen molar-refractivity contribution in [3.8, 4) is 0 Å². The lowest BCUT2D eigenvalue weighted by molar-refractivity contribution is -0.137. The van der Waals surface area contributed by atoms with Crippen molar-refractivity contribution in [1.29, 1.82) is 0 Å². The fourth-order valence-electron chi connectivity index (χ4n) is 1.38. The molecule has 0 saturated heterocycles. The summed E-state index contributed by atoms with van der Waals surface area (Å²) in [5.41, 5.74) is 0.780. The van der Waals surface area contributed by atoms with Crippen molar-refractivity contribution in [2.45, 2.75) is 24.9 Å². The van der Waals surface area contributed by atoms with Crippen LogP contribution in [0, 0.1) is 11.7 Å². The molecule has 1 atom stereocenters. The summed E-state index contributed by atoms with van der Waals surface area (Å²) in [6, 6.07) is 4.43. The maximum atomic E-state index is 13.0. The molecule has 0 aromatic heterocycles. The molecule has 0 aliphatic carbocycles. The number of carboxylic acids is 1.